The molecule has 0 saturated carbocycles. The van der Waals surface area contributed by atoms with Crippen LogP contribution in [0.15, 0.2) is 52.3 Å². The molecule has 1 saturated heterocycles. The van der Waals surface area contributed by atoms with Crippen LogP contribution in [0.5, 0.6) is 5.75 Å². The highest BCUT2D eigenvalue weighted by Gasteiger charge is 2.21. The number of aromatic nitrogens is 1. The van der Waals surface area contributed by atoms with E-state index in [9.17, 15) is 4.79 Å². The van der Waals surface area contributed by atoms with E-state index < -0.39 is 0 Å². The maximum Gasteiger partial charge on any atom is 0.228 e. The number of fused-ring (bicyclic) bond motifs is 1. The number of hydrogen-bond acceptors (Lipinski definition) is 8. The highest BCUT2D eigenvalue weighted by molar-refractivity contribution is 7.99. The molecule has 0 radical (unpaired) electrons. The number of hydrogen-bond donors (Lipinski definition) is 0. The zero-order chi connectivity index (χ0) is 23.8. The lowest BCUT2D eigenvalue weighted by Crippen LogP contribution is -2.43. The molecule has 1 aromatic heterocycles. The summed E-state index contributed by atoms with van der Waals surface area (Å²) in [5, 5.41) is 0.800. The fourth-order valence-corrected chi connectivity index (χ4v) is 6.16. The van der Waals surface area contributed by atoms with Crippen LogP contribution in [0.25, 0.3) is 10.2 Å². The average molecular weight is 554 g/mol. The molecule has 0 aliphatic carbocycles. The molecule has 0 spiro atoms. The Labute approximate surface area is 226 Å². The van der Waals surface area contributed by atoms with Crippen molar-refractivity contribution in [3.8, 4) is 5.75 Å². The predicted octanol–water partition coefficient (Wildman–Crippen LogP) is 5.69. The van der Waals surface area contributed by atoms with Crippen molar-refractivity contribution in [3.05, 3.63) is 42.5 Å². The SMILES string of the molecule is COc1ccc(SCCCC(=O)N(CCN2CCOCC2)c2nc3ccc(SC)cc3s2)cc1.Cl. The second-order valence-electron chi connectivity index (χ2n) is 7.96. The molecule has 190 valence electrons. The number of morpholine rings is 1. The quantitative estimate of drug-likeness (QED) is 0.223. The van der Waals surface area contributed by atoms with Gasteiger partial charge in [0.25, 0.3) is 0 Å². The van der Waals surface area contributed by atoms with Crippen LogP contribution in [0.2, 0.25) is 0 Å². The second kappa shape index (κ2) is 14.3. The minimum atomic E-state index is 0. The summed E-state index contributed by atoms with van der Waals surface area (Å²) in [6.45, 7) is 4.83. The molecule has 10 heteroatoms. The molecule has 2 heterocycles. The third kappa shape index (κ3) is 8.00. The lowest BCUT2D eigenvalue weighted by Gasteiger charge is -2.29. The normalized spacial score (nSPS) is 14.0. The molecule has 0 N–H and O–H groups in total. The second-order valence-corrected chi connectivity index (χ2v) is 11.0. The minimum absolute atomic E-state index is 0. The molecular weight excluding hydrogens is 522 g/mol. The Morgan fingerprint density at radius 2 is 1.91 bits per heavy atom. The van der Waals surface area contributed by atoms with Gasteiger partial charge >= 0.3 is 0 Å². The number of thiazole rings is 1. The topological polar surface area (TPSA) is 54.9 Å². The van der Waals surface area contributed by atoms with E-state index in [-0.39, 0.29) is 18.3 Å². The Morgan fingerprint density at radius 1 is 1.17 bits per heavy atom. The largest absolute Gasteiger partial charge is 0.497 e. The van der Waals surface area contributed by atoms with Crippen molar-refractivity contribution in [1.29, 1.82) is 0 Å². The number of ether oxygens (including phenoxy) is 2. The van der Waals surface area contributed by atoms with E-state index in [4.69, 9.17) is 14.5 Å². The molecule has 2 aromatic carbocycles. The Bertz CT molecular complexity index is 1070. The van der Waals surface area contributed by atoms with E-state index in [1.165, 1.54) is 9.79 Å². The van der Waals surface area contributed by atoms with Crippen LogP contribution >= 0.6 is 47.3 Å². The van der Waals surface area contributed by atoms with E-state index in [0.717, 1.165) is 66.1 Å². The van der Waals surface area contributed by atoms with Gasteiger partial charge < -0.3 is 9.47 Å². The van der Waals surface area contributed by atoms with E-state index in [0.29, 0.717) is 13.0 Å². The van der Waals surface area contributed by atoms with Crippen molar-refractivity contribution in [3.63, 3.8) is 0 Å². The van der Waals surface area contributed by atoms with Crippen molar-refractivity contribution < 1.29 is 14.3 Å². The van der Waals surface area contributed by atoms with Crippen molar-refractivity contribution >= 4 is 68.5 Å². The Kier molecular flexibility index (Phi) is 11.5. The van der Waals surface area contributed by atoms with E-state index in [2.05, 4.69) is 41.5 Å². The van der Waals surface area contributed by atoms with Gasteiger partial charge in [0.2, 0.25) is 5.91 Å². The van der Waals surface area contributed by atoms with E-state index >= 15 is 0 Å². The summed E-state index contributed by atoms with van der Waals surface area (Å²) in [5.74, 6) is 1.90. The Balaban J connectivity index is 0.00000342. The summed E-state index contributed by atoms with van der Waals surface area (Å²) < 4.78 is 11.8. The summed E-state index contributed by atoms with van der Waals surface area (Å²) >= 11 is 5.10. The number of benzene rings is 2. The number of anilines is 1. The molecule has 1 aliphatic rings. The summed E-state index contributed by atoms with van der Waals surface area (Å²) in [7, 11) is 1.67. The molecule has 1 amide bonds. The van der Waals surface area contributed by atoms with Gasteiger partial charge in [0.15, 0.2) is 5.13 Å². The van der Waals surface area contributed by atoms with Gasteiger partial charge in [0, 0.05) is 42.4 Å². The van der Waals surface area contributed by atoms with Gasteiger partial charge in [-0.15, -0.1) is 35.9 Å². The van der Waals surface area contributed by atoms with E-state index in [1.54, 1.807) is 42.0 Å². The molecule has 3 aromatic rings. The summed E-state index contributed by atoms with van der Waals surface area (Å²) in [6.07, 6.45) is 3.41. The first-order valence-electron chi connectivity index (χ1n) is 11.5. The molecule has 0 unspecified atom stereocenters. The van der Waals surface area contributed by atoms with Gasteiger partial charge in [0.1, 0.15) is 5.75 Å². The summed E-state index contributed by atoms with van der Waals surface area (Å²) in [5.41, 5.74) is 0.956. The highest BCUT2D eigenvalue weighted by Crippen LogP contribution is 2.32. The highest BCUT2D eigenvalue weighted by atomic mass is 35.5. The molecule has 35 heavy (non-hydrogen) atoms. The average Bonchev–Trinajstić information content (AvgIpc) is 3.30. The van der Waals surface area contributed by atoms with Gasteiger partial charge in [-0.05, 0) is 60.9 Å². The van der Waals surface area contributed by atoms with Crippen molar-refractivity contribution in [1.82, 2.24) is 9.88 Å². The third-order valence-corrected chi connectivity index (χ3v) is 8.59. The number of halogens is 1. The van der Waals surface area contributed by atoms with E-state index in [1.807, 2.05) is 17.0 Å². The molecular formula is C25H32ClN3O3S3. The van der Waals surface area contributed by atoms with Crippen LogP contribution in [0, 0.1) is 0 Å². The first-order valence-corrected chi connectivity index (χ1v) is 14.5. The van der Waals surface area contributed by atoms with Crippen LogP contribution in [-0.2, 0) is 9.53 Å². The van der Waals surface area contributed by atoms with Crippen LogP contribution in [0.1, 0.15) is 12.8 Å². The lowest BCUT2D eigenvalue weighted by atomic mass is 10.3. The number of rotatable bonds is 11. The fraction of sp³-hybridized carbons (Fsp3) is 0.440. The molecule has 6 nitrogen and oxygen atoms in total. The zero-order valence-electron chi connectivity index (χ0n) is 20.1. The van der Waals surface area contributed by atoms with Crippen LogP contribution in [0.4, 0.5) is 5.13 Å². The van der Waals surface area contributed by atoms with Gasteiger partial charge in [0.05, 0.1) is 30.5 Å². The van der Waals surface area contributed by atoms with Gasteiger partial charge in [-0.3, -0.25) is 14.6 Å². The fourth-order valence-electron chi connectivity index (χ4n) is 3.75. The number of nitrogens with zero attached hydrogens (tertiary/aromatic N) is 3. The summed E-state index contributed by atoms with van der Waals surface area (Å²) in [6, 6.07) is 14.4. The molecule has 1 aliphatic heterocycles. The van der Waals surface area contributed by atoms with Gasteiger partial charge in [-0.2, -0.15) is 0 Å². The molecule has 0 atom stereocenters. The van der Waals surface area contributed by atoms with Crippen LogP contribution in [-0.4, -0.2) is 74.3 Å². The first kappa shape index (κ1) is 28.1. The zero-order valence-corrected chi connectivity index (χ0v) is 23.4. The molecule has 0 bridgehead atoms. The number of carbonyl (C=O) groups excluding carboxylic acids is 1. The van der Waals surface area contributed by atoms with Crippen LogP contribution < -0.4 is 9.64 Å². The maximum atomic E-state index is 13.3. The number of thioether (sulfide) groups is 2. The molecule has 1 fully saturated rings. The van der Waals surface area contributed by atoms with Crippen molar-refractivity contribution in [2.24, 2.45) is 0 Å². The number of amides is 1. The van der Waals surface area contributed by atoms with Gasteiger partial charge in [-0.1, -0.05) is 11.3 Å². The lowest BCUT2D eigenvalue weighted by molar-refractivity contribution is -0.118. The van der Waals surface area contributed by atoms with Crippen molar-refractivity contribution in [2.45, 2.75) is 22.6 Å². The third-order valence-electron chi connectivity index (χ3n) is 5.72. The minimum Gasteiger partial charge on any atom is -0.497 e. The number of carbonyl (C=O) groups is 1. The maximum absolute atomic E-state index is 13.3. The summed E-state index contributed by atoms with van der Waals surface area (Å²) in [4.78, 5) is 24.8. The van der Waals surface area contributed by atoms with Gasteiger partial charge in [-0.25, -0.2) is 4.98 Å². The first-order chi connectivity index (χ1) is 16.7. The smallest absolute Gasteiger partial charge is 0.228 e. The van der Waals surface area contributed by atoms with Crippen molar-refractivity contribution in [2.75, 3.05) is 63.4 Å². The Morgan fingerprint density at radius 3 is 2.63 bits per heavy atom. The predicted molar refractivity (Wildman–Crippen MR) is 151 cm³/mol. The number of methoxy groups -OCH3 is 1. The van der Waals surface area contributed by atoms with Crippen LogP contribution in [0.3, 0.4) is 0 Å². The Hall–Kier alpha value is -1.49. The standard InChI is InChI=1S/C25H31N3O3S3.ClH/c1-30-19-5-7-20(8-6-19)33-17-3-4-24(29)28(12-11-27-13-15-31-16-14-27)25-26-22-10-9-21(32-2)18-23(22)34-25;/h5-10,18H,3-4,11-17H2,1-2H3;1H. The molecule has 4 rings (SSSR count). The monoisotopic (exact) mass is 553 g/mol.